The smallest absolute Gasteiger partial charge is 0.267 e. The van der Waals surface area contributed by atoms with Gasteiger partial charge in [0, 0.05) is 18.0 Å². The van der Waals surface area contributed by atoms with Gasteiger partial charge >= 0.3 is 0 Å². The molecule has 0 bridgehead atoms. The van der Waals surface area contributed by atoms with Crippen LogP contribution < -0.4 is 11.1 Å². The van der Waals surface area contributed by atoms with Gasteiger partial charge in [-0.3, -0.25) is 18.4 Å². The zero-order valence-electron chi connectivity index (χ0n) is 20.0. The summed E-state index contributed by atoms with van der Waals surface area (Å²) < 4.78 is 5.07. The summed E-state index contributed by atoms with van der Waals surface area (Å²) in [4.78, 5) is 30.9. The molecular formula is C27H22N6O2S. The average Bonchev–Trinajstić information content (AvgIpc) is 3.28. The fourth-order valence-corrected chi connectivity index (χ4v) is 5.40. The van der Waals surface area contributed by atoms with Crippen LogP contribution in [-0.2, 0) is 5.75 Å². The van der Waals surface area contributed by atoms with E-state index < -0.39 is 0 Å². The van der Waals surface area contributed by atoms with Crippen molar-refractivity contribution < 1.29 is 0 Å². The molecule has 6 aromatic rings. The fourth-order valence-electron chi connectivity index (χ4n) is 4.57. The predicted molar refractivity (Wildman–Crippen MR) is 141 cm³/mol. The number of aromatic nitrogens is 6. The van der Waals surface area contributed by atoms with Gasteiger partial charge in [-0.2, -0.15) is 0 Å². The number of aryl methyl sites for hydroxylation is 3. The standard InChI is InChI=1S/C27H22N6O2S/c1-16-10-11-21(18(3)13-16)32-25(35)20-8-4-5-9-22(20)33-26(32)29-30-27(33)36-15-19-14-23(34)31-12-6-7-17(2)24(31)28-19/h4-14H,15H2,1-3H3. The van der Waals surface area contributed by atoms with E-state index in [9.17, 15) is 9.59 Å². The second-order valence-electron chi connectivity index (χ2n) is 8.82. The van der Waals surface area contributed by atoms with Gasteiger partial charge in [-0.1, -0.05) is 47.7 Å². The highest BCUT2D eigenvalue weighted by Gasteiger charge is 2.19. The second kappa shape index (κ2) is 8.46. The molecule has 0 aliphatic carbocycles. The van der Waals surface area contributed by atoms with Gasteiger partial charge in [0.15, 0.2) is 5.16 Å². The average molecular weight is 495 g/mol. The molecule has 0 unspecified atom stereocenters. The lowest BCUT2D eigenvalue weighted by Gasteiger charge is -2.13. The minimum Gasteiger partial charge on any atom is -0.269 e. The van der Waals surface area contributed by atoms with E-state index >= 15 is 0 Å². The lowest BCUT2D eigenvalue weighted by Crippen LogP contribution is -2.22. The van der Waals surface area contributed by atoms with Crippen molar-refractivity contribution in [3.05, 3.63) is 110 Å². The van der Waals surface area contributed by atoms with Crippen LogP contribution in [-0.4, -0.2) is 28.5 Å². The first-order chi connectivity index (χ1) is 17.4. The molecule has 8 nitrogen and oxygen atoms in total. The van der Waals surface area contributed by atoms with E-state index in [-0.39, 0.29) is 11.1 Å². The predicted octanol–water partition coefficient (Wildman–Crippen LogP) is 4.26. The highest BCUT2D eigenvalue weighted by atomic mass is 32.2. The summed E-state index contributed by atoms with van der Waals surface area (Å²) in [6.45, 7) is 5.94. The Labute approximate surface area is 209 Å². The van der Waals surface area contributed by atoms with Crippen LogP contribution in [0.15, 0.2) is 81.6 Å². The molecule has 0 aliphatic heterocycles. The van der Waals surface area contributed by atoms with Gasteiger partial charge in [-0.25, -0.2) is 9.55 Å². The first kappa shape index (κ1) is 22.2. The molecule has 0 atom stereocenters. The van der Waals surface area contributed by atoms with Gasteiger partial charge in [0.2, 0.25) is 5.78 Å². The van der Waals surface area contributed by atoms with Crippen LogP contribution in [0.25, 0.3) is 28.0 Å². The van der Waals surface area contributed by atoms with Crippen molar-refractivity contribution in [1.82, 2.24) is 28.5 Å². The largest absolute Gasteiger partial charge is 0.269 e. The quantitative estimate of drug-likeness (QED) is 0.341. The zero-order chi connectivity index (χ0) is 25.0. The summed E-state index contributed by atoms with van der Waals surface area (Å²) >= 11 is 1.43. The molecule has 178 valence electrons. The van der Waals surface area contributed by atoms with E-state index in [1.807, 2.05) is 79.8 Å². The van der Waals surface area contributed by atoms with Crippen molar-refractivity contribution in [1.29, 1.82) is 0 Å². The number of thioether (sulfide) groups is 1. The molecule has 9 heteroatoms. The number of para-hydroxylation sites is 1. The first-order valence-corrected chi connectivity index (χ1v) is 12.5. The fraction of sp³-hybridized carbons (Fsp3) is 0.148. The molecule has 6 rings (SSSR count). The van der Waals surface area contributed by atoms with Gasteiger partial charge in [0.1, 0.15) is 5.65 Å². The van der Waals surface area contributed by atoms with Crippen molar-refractivity contribution in [3.8, 4) is 5.69 Å². The van der Waals surface area contributed by atoms with E-state index in [4.69, 9.17) is 4.98 Å². The zero-order valence-corrected chi connectivity index (χ0v) is 20.8. The third-order valence-electron chi connectivity index (χ3n) is 6.28. The Bertz CT molecular complexity index is 1940. The van der Waals surface area contributed by atoms with E-state index in [1.54, 1.807) is 21.2 Å². The SMILES string of the molecule is Cc1ccc(-n2c(=O)c3ccccc3n3c(SCc4cc(=O)n5cccc(C)c5n4)nnc23)c(C)c1. The van der Waals surface area contributed by atoms with E-state index in [1.165, 1.54) is 11.8 Å². The molecule has 0 spiro atoms. The number of rotatable bonds is 4. The van der Waals surface area contributed by atoms with Gasteiger partial charge in [-0.15, -0.1) is 10.2 Å². The summed E-state index contributed by atoms with van der Waals surface area (Å²) in [6, 6.07) is 18.8. The van der Waals surface area contributed by atoms with Crippen molar-refractivity contribution in [3.63, 3.8) is 0 Å². The van der Waals surface area contributed by atoms with Crippen LogP contribution in [0.2, 0.25) is 0 Å². The number of benzene rings is 2. The molecule has 0 fully saturated rings. The maximum atomic E-state index is 13.6. The summed E-state index contributed by atoms with van der Waals surface area (Å²) in [5.74, 6) is 0.869. The summed E-state index contributed by atoms with van der Waals surface area (Å²) in [5, 5.41) is 10.1. The van der Waals surface area contributed by atoms with Crippen LogP contribution in [0.1, 0.15) is 22.4 Å². The summed E-state index contributed by atoms with van der Waals surface area (Å²) in [6.07, 6.45) is 1.72. The van der Waals surface area contributed by atoms with Crippen molar-refractivity contribution in [2.75, 3.05) is 0 Å². The minimum atomic E-state index is -0.145. The van der Waals surface area contributed by atoms with Crippen molar-refractivity contribution >= 4 is 34.1 Å². The van der Waals surface area contributed by atoms with Crippen LogP contribution in [0.3, 0.4) is 0 Å². The number of hydrogen-bond donors (Lipinski definition) is 0. The first-order valence-electron chi connectivity index (χ1n) is 11.5. The van der Waals surface area contributed by atoms with Crippen molar-refractivity contribution in [2.24, 2.45) is 0 Å². The number of hydrogen-bond acceptors (Lipinski definition) is 6. The highest BCUT2D eigenvalue weighted by Crippen LogP contribution is 2.26. The van der Waals surface area contributed by atoms with E-state index in [2.05, 4.69) is 10.2 Å². The Morgan fingerprint density at radius 3 is 2.56 bits per heavy atom. The molecule has 4 aromatic heterocycles. The Morgan fingerprint density at radius 1 is 0.889 bits per heavy atom. The van der Waals surface area contributed by atoms with E-state index in [0.29, 0.717) is 33.4 Å². The Morgan fingerprint density at radius 2 is 1.72 bits per heavy atom. The maximum absolute atomic E-state index is 13.6. The van der Waals surface area contributed by atoms with Gasteiger partial charge in [0.25, 0.3) is 11.1 Å². The highest BCUT2D eigenvalue weighted by molar-refractivity contribution is 7.98. The normalized spacial score (nSPS) is 11.6. The number of nitrogens with zero attached hydrogens (tertiary/aromatic N) is 6. The Kier molecular flexibility index (Phi) is 5.22. The van der Waals surface area contributed by atoms with Crippen LogP contribution in [0, 0.1) is 20.8 Å². The molecule has 0 saturated heterocycles. The molecule has 0 saturated carbocycles. The molecule has 0 aliphatic rings. The molecule has 36 heavy (non-hydrogen) atoms. The molecule has 0 amide bonds. The van der Waals surface area contributed by atoms with Gasteiger partial charge < -0.3 is 0 Å². The Hall–Kier alpha value is -4.24. The maximum Gasteiger partial charge on any atom is 0.267 e. The molecular weight excluding hydrogens is 472 g/mol. The van der Waals surface area contributed by atoms with Crippen LogP contribution in [0.4, 0.5) is 0 Å². The Balaban J connectivity index is 1.51. The minimum absolute atomic E-state index is 0.125. The van der Waals surface area contributed by atoms with Crippen LogP contribution >= 0.6 is 11.8 Å². The molecule has 0 N–H and O–H groups in total. The van der Waals surface area contributed by atoms with Crippen molar-refractivity contribution in [2.45, 2.75) is 31.7 Å². The lowest BCUT2D eigenvalue weighted by molar-refractivity contribution is 0.925. The number of pyridine rings is 1. The van der Waals surface area contributed by atoms with Gasteiger partial charge in [0.05, 0.1) is 22.3 Å². The third kappa shape index (κ3) is 3.51. The lowest BCUT2D eigenvalue weighted by atomic mass is 10.1. The molecule has 0 radical (unpaired) electrons. The molecule has 4 heterocycles. The third-order valence-corrected chi connectivity index (χ3v) is 7.24. The summed E-state index contributed by atoms with van der Waals surface area (Å²) in [5.41, 5.74) is 5.55. The monoisotopic (exact) mass is 494 g/mol. The van der Waals surface area contributed by atoms with E-state index in [0.717, 1.165) is 27.9 Å². The summed E-state index contributed by atoms with van der Waals surface area (Å²) in [7, 11) is 0. The topological polar surface area (TPSA) is 86.6 Å². The second-order valence-corrected chi connectivity index (χ2v) is 9.77. The number of fused-ring (bicyclic) bond motifs is 4. The van der Waals surface area contributed by atoms with Crippen LogP contribution in [0.5, 0.6) is 0 Å². The molecule has 2 aromatic carbocycles. The van der Waals surface area contributed by atoms with Gasteiger partial charge in [-0.05, 0) is 56.2 Å².